The van der Waals surface area contributed by atoms with Crippen LogP contribution in [-0.2, 0) is 9.84 Å². The van der Waals surface area contributed by atoms with E-state index in [9.17, 15) is 12.8 Å². The minimum atomic E-state index is -3.54. The summed E-state index contributed by atoms with van der Waals surface area (Å²) in [4.78, 5) is 0.125. The molecule has 0 bridgehead atoms. The van der Waals surface area contributed by atoms with Crippen molar-refractivity contribution in [2.75, 3.05) is 6.61 Å². The molecule has 1 fully saturated rings. The van der Waals surface area contributed by atoms with Crippen LogP contribution in [0.1, 0.15) is 18.4 Å². The molecule has 0 unspecified atom stereocenters. The number of halogens is 1. The van der Waals surface area contributed by atoms with E-state index < -0.39 is 20.4 Å². The molecular formula is C11H13FO3S. The lowest BCUT2D eigenvalue weighted by Gasteiger charge is -2.15. The monoisotopic (exact) mass is 244 g/mol. The zero-order valence-electron chi connectivity index (χ0n) is 8.90. The van der Waals surface area contributed by atoms with Crippen molar-refractivity contribution in [3.05, 3.63) is 29.6 Å². The fourth-order valence-corrected chi connectivity index (χ4v) is 3.80. The molecule has 0 spiro atoms. The molecular weight excluding hydrogens is 231 g/mol. The van der Waals surface area contributed by atoms with Crippen molar-refractivity contribution < 1.29 is 17.9 Å². The average molecular weight is 244 g/mol. The number of hydrogen-bond acceptors (Lipinski definition) is 3. The first kappa shape index (κ1) is 11.5. The van der Waals surface area contributed by atoms with Gasteiger partial charge in [-0.15, -0.1) is 0 Å². The number of aliphatic hydroxyl groups is 1. The van der Waals surface area contributed by atoms with E-state index in [-0.39, 0.29) is 11.5 Å². The van der Waals surface area contributed by atoms with E-state index in [0.29, 0.717) is 18.4 Å². The Hall–Kier alpha value is -0.940. The van der Waals surface area contributed by atoms with Gasteiger partial charge in [0.1, 0.15) is 5.82 Å². The third kappa shape index (κ3) is 1.55. The molecule has 0 amide bonds. The Bertz CT molecular complexity index is 518. The maximum absolute atomic E-state index is 12.9. The van der Waals surface area contributed by atoms with Crippen LogP contribution in [0.4, 0.5) is 4.39 Å². The van der Waals surface area contributed by atoms with Gasteiger partial charge in [-0.25, -0.2) is 12.8 Å². The quantitative estimate of drug-likeness (QED) is 0.818. The Kier molecular flexibility index (Phi) is 2.55. The van der Waals surface area contributed by atoms with Crippen LogP contribution < -0.4 is 0 Å². The number of aryl methyl sites for hydroxylation is 1. The molecule has 1 aromatic carbocycles. The highest BCUT2D eigenvalue weighted by Crippen LogP contribution is 2.46. The highest BCUT2D eigenvalue weighted by molar-refractivity contribution is 7.93. The second-order valence-corrected chi connectivity index (χ2v) is 6.57. The van der Waals surface area contributed by atoms with Gasteiger partial charge in [0.2, 0.25) is 0 Å². The highest BCUT2D eigenvalue weighted by Gasteiger charge is 2.54. The molecule has 0 saturated heterocycles. The molecule has 1 saturated carbocycles. The maximum atomic E-state index is 12.9. The highest BCUT2D eigenvalue weighted by atomic mass is 32.2. The van der Waals surface area contributed by atoms with Crippen molar-refractivity contribution in [1.82, 2.24) is 0 Å². The van der Waals surface area contributed by atoms with Gasteiger partial charge in [-0.1, -0.05) is 0 Å². The van der Waals surface area contributed by atoms with Crippen molar-refractivity contribution in [2.24, 2.45) is 0 Å². The van der Waals surface area contributed by atoms with Gasteiger partial charge in [0.25, 0.3) is 0 Å². The molecule has 0 aliphatic heterocycles. The zero-order chi connectivity index (χ0) is 12.0. The molecule has 1 aromatic rings. The second-order valence-electron chi connectivity index (χ2n) is 4.25. The maximum Gasteiger partial charge on any atom is 0.186 e. The molecule has 0 atom stereocenters. The van der Waals surface area contributed by atoms with E-state index >= 15 is 0 Å². The summed E-state index contributed by atoms with van der Waals surface area (Å²) >= 11 is 0. The summed E-state index contributed by atoms with van der Waals surface area (Å²) in [7, 11) is -3.54. The molecule has 1 aliphatic rings. The first-order chi connectivity index (χ1) is 7.43. The van der Waals surface area contributed by atoms with Crippen molar-refractivity contribution in [2.45, 2.75) is 29.4 Å². The molecule has 2 rings (SSSR count). The average Bonchev–Trinajstić information content (AvgIpc) is 2.97. The van der Waals surface area contributed by atoms with Crippen LogP contribution in [0, 0.1) is 12.7 Å². The van der Waals surface area contributed by atoms with Gasteiger partial charge in [-0.2, -0.15) is 0 Å². The van der Waals surface area contributed by atoms with Crippen molar-refractivity contribution in [3.8, 4) is 0 Å². The standard InChI is InChI=1S/C11H13FO3S/c1-8-6-9(12)2-3-10(8)16(14,15)11(7-13)4-5-11/h2-3,6,13H,4-5,7H2,1H3. The number of rotatable bonds is 3. The van der Waals surface area contributed by atoms with Crippen LogP contribution in [0.15, 0.2) is 23.1 Å². The number of sulfone groups is 1. The Morgan fingerprint density at radius 1 is 1.44 bits per heavy atom. The lowest BCUT2D eigenvalue weighted by Crippen LogP contribution is -2.27. The van der Waals surface area contributed by atoms with E-state index in [1.54, 1.807) is 6.92 Å². The summed E-state index contributed by atoms with van der Waals surface area (Å²) in [6.07, 6.45) is 0.950. The molecule has 0 radical (unpaired) electrons. The van der Waals surface area contributed by atoms with Crippen LogP contribution in [0.5, 0.6) is 0 Å². The zero-order valence-corrected chi connectivity index (χ0v) is 9.72. The minimum Gasteiger partial charge on any atom is -0.395 e. The van der Waals surface area contributed by atoms with Gasteiger partial charge in [0.05, 0.1) is 16.2 Å². The lowest BCUT2D eigenvalue weighted by atomic mass is 10.2. The topological polar surface area (TPSA) is 54.4 Å². The Morgan fingerprint density at radius 3 is 2.50 bits per heavy atom. The first-order valence-electron chi connectivity index (χ1n) is 5.05. The Labute approximate surface area is 93.8 Å². The summed E-state index contributed by atoms with van der Waals surface area (Å²) in [5.74, 6) is -0.453. The number of hydrogen-bond donors (Lipinski definition) is 1. The van der Waals surface area contributed by atoms with Gasteiger partial charge < -0.3 is 5.11 Å². The smallest absolute Gasteiger partial charge is 0.186 e. The Morgan fingerprint density at radius 2 is 2.06 bits per heavy atom. The van der Waals surface area contributed by atoms with Crippen molar-refractivity contribution in [1.29, 1.82) is 0 Å². The summed E-state index contributed by atoms with van der Waals surface area (Å²) in [5.41, 5.74) is 0.389. The van der Waals surface area contributed by atoms with E-state index in [2.05, 4.69) is 0 Å². The molecule has 0 aromatic heterocycles. The molecule has 0 heterocycles. The van der Waals surface area contributed by atoms with E-state index in [0.717, 1.165) is 6.07 Å². The van der Waals surface area contributed by atoms with Gasteiger partial charge >= 0.3 is 0 Å². The number of aliphatic hydroxyl groups excluding tert-OH is 1. The van der Waals surface area contributed by atoms with Crippen molar-refractivity contribution >= 4 is 9.84 Å². The fourth-order valence-electron chi connectivity index (χ4n) is 1.80. The molecule has 5 heteroatoms. The summed E-state index contributed by atoms with van der Waals surface area (Å²) in [6.45, 7) is 1.19. The fraction of sp³-hybridized carbons (Fsp3) is 0.455. The van der Waals surface area contributed by atoms with Gasteiger partial charge in [-0.05, 0) is 43.5 Å². The van der Waals surface area contributed by atoms with Gasteiger partial charge in [0.15, 0.2) is 9.84 Å². The lowest BCUT2D eigenvalue weighted by molar-refractivity contribution is 0.283. The van der Waals surface area contributed by atoms with Crippen LogP contribution >= 0.6 is 0 Å². The van der Waals surface area contributed by atoms with Crippen LogP contribution in [0.2, 0.25) is 0 Å². The summed E-state index contributed by atoms with van der Waals surface area (Å²) in [5, 5.41) is 9.15. The molecule has 16 heavy (non-hydrogen) atoms. The van der Waals surface area contributed by atoms with Crippen LogP contribution in [0.25, 0.3) is 0 Å². The molecule has 1 N–H and O–H groups in total. The second kappa shape index (κ2) is 3.53. The predicted molar refractivity (Wildman–Crippen MR) is 57.4 cm³/mol. The van der Waals surface area contributed by atoms with Crippen LogP contribution in [-0.4, -0.2) is 24.9 Å². The summed E-state index contributed by atoms with van der Waals surface area (Å²) in [6, 6.07) is 3.60. The van der Waals surface area contributed by atoms with E-state index in [1.807, 2.05) is 0 Å². The van der Waals surface area contributed by atoms with Crippen LogP contribution in [0.3, 0.4) is 0 Å². The Balaban J connectivity index is 2.52. The SMILES string of the molecule is Cc1cc(F)ccc1S(=O)(=O)C1(CO)CC1. The minimum absolute atomic E-state index is 0.125. The number of benzene rings is 1. The van der Waals surface area contributed by atoms with Gasteiger partial charge in [-0.3, -0.25) is 0 Å². The summed E-state index contributed by atoms with van der Waals surface area (Å²) < 4.78 is 36.3. The predicted octanol–water partition coefficient (Wildman–Crippen LogP) is 1.43. The molecule has 1 aliphatic carbocycles. The normalized spacial score (nSPS) is 18.4. The van der Waals surface area contributed by atoms with E-state index in [1.165, 1.54) is 12.1 Å². The van der Waals surface area contributed by atoms with Gasteiger partial charge in [0, 0.05) is 0 Å². The third-order valence-electron chi connectivity index (χ3n) is 3.09. The van der Waals surface area contributed by atoms with E-state index in [4.69, 9.17) is 5.11 Å². The first-order valence-corrected chi connectivity index (χ1v) is 6.53. The van der Waals surface area contributed by atoms with Crippen molar-refractivity contribution in [3.63, 3.8) is 0 Å². The third-order valence-corrected chi connectivity index (χ3v) is 5.81. The molecule has 88 valence electrons. The largest absolute Gasteiger partial charge is 0.395 e. The molecule has 3 nitrogen and oxygen atoms in total.